The van der Waals surface area contributed by atoms with Crippen LogP contribution >= 0.6 is 15.9 Å². The Bertz CT molecular complexity index is 396. The molecule has 1 atom stereocenters. The van der Waals surface area contributed by atoms with Crippen LogP contribution in [-0.2, 0) is 4.74 Å². The SMILES string of the molecule is CCOC1CC(CC(Br)c2ccc(C)cc2C)C1. The van der Waals surface area contributed by atoms with Crippen LogP contribution in [-0.4, -0.2) is 12.7 Å². The van der Waals surface area contributed by atoms with Crippen molar-refractivity contribution in [3.63, 3.8) is 0 Å². The first kappa shape index (κ1) is 14.1. The van der Waals surface area contributed by atoms with Gasteiger partial charge in [0.05, 0.1) is 6.10 Å². The highest BCUT2D eigenvalue weighted by Crippen LogP contribution is 2.41. The van der Waals surface area contributed by atoms with Crippen molar-refractivity contribution in [1.29, 1.82) is 0 Å². The first-order chi connectivity index (χ1) is 8.60. The van der Waals surface area contributed by atoms with Crippen LogP contribution in [0, 0.1) is 19.8 Å². The Morgan fingerprint density at radius 3 is 2.67 bits per heavy atom. The maximum Gasteiger partial charge on any atom is 0.0580 e. The van der Waals surface area contributed by atoms with Crippen molar-refractivity contribution in [2.45, 2.75) is 51.0 Å². The summed E-state index contributed by atoms with van der Waals surface area (Å²) < 4.78 is 5.62. The van der Waals surface area contributed by atoms with E-state index >= 15 is 0 Å². The fourth-order valence-electron chi connectivity index (χ4n) is 2.84. The van der Waals surface area contributed by atoms with E-state index in [4.69, 9.17) is 4.74 Å². The van der Waals surface area contributed by atoms with Crippen LogP contribution < -0.4 is 0 Å². The summed E-state index contributed by atoms with van der Waals surface area (Å²) in [6.07, 6.45) is 4.23. The van der Waals surface area contributed by atoms with Crippen molar-refractivity contribution in [3.8, 4) is 0 Å². The molecule has 0 aliphatic heterocycles. The second kappa shape index (κ2) is 6.21. The number of aryl methyl sites for hydroxylation is 2. The van der Waals surface area contributed by atoms with Gasteiger partial charge in [0, 0.05) is 11.4 Å². The Hall–Kier alpha value is -0.340. The molecular formula is C16H23BrO. The van der Waals surface area contributed by atoms with Crippen molar-refractivity contribution < 1.29 is 4.74 Å². The van der Waals surface area contributed by atoms with Gasteiger partial charge in [-0.05, 0) is 57.1 Å². The van der Waals surface area contributed by atoms with Gasteiger partial charge < -0.3 is 4.74 Å². The Morgan fingerprint density at radius 2 is 2.06 bits per heavy atom. The molecule has 0 bridgehead atoms. The first-order valence-corrected chi connectivity index (χ1v) is 7.84. The van der Waals surface area contributed by atoms with Crippen LogP contribution in [0.1, 0.15) is 47.7 Å². The zero-order chi connectivity index (χ0) is 13.1. The van der Waals surface area contributed by atoms with Crippen LogP contribution in [0.2, 0.25) is 0 Å². The average molecular weight is 311 g/mol. The van der Waals surface area contributed by atoms with Crippen molar-refractivity contribution in [2.75, 3.05) is 6.61 Å². The van der Waals surface area contributed by atoms with E-state index in [1.165, 1.54) is 36.0 Å². The molecule has 18 heavy (non-hydrogen) atoms. The molecule has 1 fully saturated rings. The third-order valence-corrected chi connectivity index (χ3v) is 4.76. The van der Waals surface area contributed by atoms with Crippen LogP contribution in [0.5, 0.6) is 0 Å². The van der Waals surface area contributed by atoms with Crippen molar-refractivity contribution in [1.82, 2.24) is 0 Å². The van der Waals surface area contributed by atoms with Crippen LogP contribution in [0.4, 0.5) is 0 Å². The number of ether oxygens (including phenoxy) is 1. The maximum atomic E-state index is 5.62. The molecule has 1 aromatic rings. The van der Waals surface area contributed by atoms with Crippen LogP contribution in [0.25, 0.3) is 0 Å². The predicted molar refractivity (Wildman–Crippen MR) is 80.3 cm³/mol. The number of hydrogen-bond acceptors (Lipinski definition) is 1. The van der Waals surface area contributed by atoms with Crippen molar-refractivity contribution >= 4 is 15.9 Å². The highest BCUT2D eigenvalue weighted by Gasteiger charge is 2.31. The van der Waals surface area contributed by atoms with Gasteiger partial charge in [0.2, 0.25) is 0 Å². The third kappa shape index (κ3) is 3.36. The lowest BCUT2D eigenvalue weighted by Gasteiger charge is -2.36. The monoisotopic (exact) mass is 310 g/mol. The van der Waals surface area contributed by atoms with Gasteiger partial charge in [-0.15, -0.1) is 0 Å². The first-order valence-electron chi connectivity index (χ1n) is 6.93. The molecule has 0 aromatic heterocycles. The van der Waals surface area contributed by atoms with Crippen LogP contribution in [0.3, 0.4) is 0 Å². The number of halogens is 1. The Labute approximate surface area is 119 Å². The van der Waals surface area contributed by atoms with Gasteiger partial charge in [-0.1, -0.05) is 39.7 Å². The number of alkyl halides is 1. The van der Waals surface area contributed by atoms with Gasteiger partial charge in [0.15, 0.2) is 0 Å². The Balaban J connectivity index is 1.87. The van der Waals surface area contributed by atoms with Gasteiger partial charge in [0.1, 0.15) is 0 Å². The largest absolute Gasteiger partial charge is 0.378 e. The highest BCUT2D eigenvalue weighted by molar-refractivity contribution is 9.09. The molecule has 2 rings (SSSR count). The van der Waals surface area contributed by atoms with E-state index in [0.717, 1.165) is 12.5 Å². The minimum absolute atomic E-state index is 0.491. The molecule has 1 nitrogen and oxygen atoms in total. The molecular weight excluding hydrogens is 288 g/mol. The van der Waals surface area contributed by atoms with Crippen LogP contribution in [0.15, 0.2) is 18.2 Å². The van der Waals surface area contributed by atoms with Gasteiger partial charge in [-0.25, -0.2) is 0 Å². The second-order valence-electron chi connectivity index (χ2n) is 5.48. The summed E-state index contributed by atoms with van der Waals surface area (Å²) in [7, 11) is 0. The molecule has 1 aromatic carbocycles. The zero-order valence-electron chi connectivity index (χ0n) is 11.6. The molecule has 2 heteroatoms. The summed E-state index contributed by atoms with van der Waals surface area (Å²) in [5.41, 5.74) is 4.19. The quantitative estimate of drug-likeness (QED) is 0.700. The van der Waals surface area contributed by atoms with Crippen molar-refractivity contribution in [2.24, 2.45) is 5.92 Å². The van der Waals surface area contributed by atoms with E-state index in [0.29, 0.717) is 10.9 Å². The summed E-state index contributed by atoms with van der Waals surface area (Å²) in [5, 5.41) is 0. The minimum Gasteiger partial charge on any atom is -0.378 e. The van der Waals surface area contributed by atoms with Gasteiger partial charge in [-0.2, -0.15) is 0 Å². The lowest BCUT2D eigenvalue weighted by molar-refractivity contribution is -0.0264. The van der Waals surface area contributed by atoms with E-state index in [-0.39, 0.29) is 0 Å². The minimum atomic E-state index is 0.491. The second-order valence-corrected chi connectivity index (χ2v) is 6.58. The molecule has 1 saturated carbocycles. The zero-order valence-corrected chi connectivity index (χ0v) is 13.2. The highest BCUT2D eigenvalue weighted by atomic mass is 79.9. The summed E-state index contributed by atoms with van der Waals surface area (Å²) in [6, 6.07) is 6.75. The number of benzene rings is 1. The number of rotatable bonds is 5. The molecule has 1 aliphatic carbocycles. The van der Waals surface area contributed by atoms with E-state index < -0.39 is 0 Å². The molecule has 0 spiro atoms. The predicted octanol–water partition coefficient (Wildman–Crippen LogP) is 4.94. The summed E-state index contributed by atoms with van der Waals surface area (Å²) >= 11 is 3.85. The molecule has 0 radical (unpaired) electrons. The smallest absolute Gasteiger partial charge is 0.0580 e. The normalized spacial score (nSPS) is 24.7. The molecule has 0 heterocycles. The molecule has 100 valence electrons. The Morgan fingerprint density at radius 1 is 1.33 bits per heavy atom. The van der Waals surface area contributed by atoms with Crippen molar-refractivity contribution in [3.05, 3.63) is 34.9 Å². The summed E-state index contributed by atoms with van der Waals surface area (Å²) in [5.74, 6) is 0.826. The average Bonchev–Trinajstić information content (AvgIpc) is 2.26. The fourth-order valence-corrected chi connectivity index (χ4v) is 3.88. The number of hydrogen-bond donors (Lipinski definition) is 0. The van der Waals surface area contributed by atoms with E-state index in [9.17, 15) is 0 Å². The van der Waals surface area contributed by atoms with E-state index in [1.54, 1.807) is 0 Å². The fraction of sp³-hybridized carbons (Fsp3) is 0.625. The summed E-state index contributed by atoms with van der Waals surface area (Å²) in [4.78, 5) is 0.491. The molecule has 1 unspecified atom stereocenters. The molecule has 0 saturated heterocycles. The maximum absolute atomic E-state index is 5.62. The Kier molecular flexibility index (Phi) is 4.85. The van der Waals surface area contributed by atoms with E-state index in [2.05, 4.69) is 54.9 Å². The standard InChI is InChI=1S/C16H23BrO/c1-4-18-14-8-13(9-14)10-16(17)15-6-5-11(2)7-12(15)3/h5-7,13-14,16H,4,8-10H2,1-3H3. The van der Waals surface area contributed by atoms with Gasteiger partial charge in [0.25, 0.3) is 0 Å². The molecule has 1 aliphatic rings. The lowest BCUT2D eigenvalue weighted by Crippen LogP contribution is -2.31. The van der Waals surface area contributed by atoms with E-state index in [1.807, 2.05) is 0 Å². The topological polar surface area (TPSA) is 9.23 Å². The summed E-state index contributed by atoms with van der Waals surface area (Å²) in [6.45, 7) is 7.29. The van der Waals surface area contributed by atoms with Gasteiger partial charge in [-0.3, -0.25) is 0 Å². The molecule has 0 amide bonds. The third-order valence-electron chi connectivity index (χ3n) is 3.90. The van der Waals surface area contributed by atoms with Gasteiger partial charge >= 0.3 is 0 Å². The molecule has 0 N–H and O–H groups in total. The lowest BCUT2D eigenvalue weighted by atomic mass is 9.78.